The molecule has 1 aliphatic carbocycles. The Labute approximate surface area is 185 Å². The number of hydrogen-bond acceptors (Lipinski definition) is 6. The zero-order valence-corrected chi connectivity index (χ0v) is 18.3. The molecule has 7 heteroatoms. The Hall–Kier alpha value is -2.93. The Kier molecular flexibility index (Phi) is 6.82. The Morgan fingerprint density at radius 1 is 1.10 bits per heavy atom. The minimum atomic E-state index is -0.462. The van der Waals surface area contributed by atoms with E-state index in [1.807, 2.05) is 31.2 Å². The van der Waals surface area contributed by atoms with Gasteiger partial charge in [0.2, 0.25) is 0 Å². The number of para-hydroxylation sites is 2. The second-order valence-electron chi connectivity index (χ2n) is 7.67. The highest BCUT2D eigenvalue weighted by molar-refractivity contribution is 7.99. The highest BCUT2D eigenvalue weighted by Crippen LogP contribution is 2.24. The highest BCUT2D eigenvalue weighted by atomic mass is 32.2. The van der Waals surface area contributed by atoms with E-state index in [-0.39, 0.29) is 24.3 Å². The van der Waals surface area contributed by atoms with Crippen molar-refractivity contribution >= 4 is 34.7 Å². The Morgan fingerprint density at radius 3 is 2.71 bits per heavy atom. The number of benzene rings is 2. The zero-order valence-electron chi connectivity index (χ0n) is 17.5. The first-order valence-corrected chi connectivity index (χ1v) is 11.5. The summed E-state index contributed by atoms with van der Waals surface area (Å²) in [5, 5.41) is 3.55. The van der Waals surface area contributed by atoms with Crippen LogP contribution in [0.2, 0.25) is 0 Å². The molecule has 1 unspecified atom stereocenters. The van der Waals surface area contributed by atoms with E-state index in [0.29, 0.717) is 5.03 Å². The number of aromatic nitrogens is 2. The molecule has 160 valence electrons. The summed E-state index contributed by atoms with van der Waals surface area (Å²) in [5.74, 6) is -0.702. The van der Waals surface area contributed by atoms with Gasteiger partial charge in [-0.25, -0.2) is 4.98 Å². The van der Waals surface area contributed by atoms with Crippen LogP contribution in [0.4, 0.5) is 0 Å². The van der Waals surface area contributed by atoms with Crippen LogP contribution in [0.1, 0.15) is 42.5 Å². The number of fused-ring (bicyclic) bond motifs is 2. The molecule has 1 atom stereocenters. The number of thioether (sulfide) groups is 1. The minimum Gasteiger partial charge on any atom is -0.455 e. The largest absolute Gasteiger partial charge is 0.455 e. The van der Waals surface area contributed by atoms with E-state index < -0.39 is 5.97 Å². The summed E-state index contributed by atoms with van der Waals surface area (Å²) >= 11 is 1.24. The molecular weight excluding hydrogens is 410 g/mol. The van der Waals surface area contributed by atoms with Crippen LogP contribution in [0, 0.1) is 0 Å². The fourth-order valence-electron chi connectivity index (χ4n) is 3.72. The van der Waals surface area contributed by atoms with E-state index in [1.54, 1.807) is 6.20 Å². The summed E-state index contributed by atoms with van der Waals surface area (Å²) in [5.41, 5.74) is 5.45. The van der Waals surface area contributed by atoms with Gasteiger partial charge in [0, 0.05) is 0 Å². The number of carbonyl (C=O) groups excluding carboxylic acids is 2. The second-order valence-corrected chi connectivity index (χ2v) is 8.67. The first-order valence-electron chi connectivity index (χ1n) is 10.5. The molecule has 0 fully saturated rings. The number of carbonyl (C=O) groups is 2. The van der Waals surface area contributed by atoms with E-state index in [0.717, 1.165) is 29.4 Å². The minimum absolute atomic E-state index is 0.0701. The number of nitrogens with one attached hydrogen (secondary N) is 1. The molecule has 0 radical (unpaired) electrons. The third-order valence-electron chi connectivity index (χ3n) is 5.38. The Balaban J connectivity index is 1.23. The maximum absolute atomic E-state index is 12.2. The van der Waals surface area contributed by atoms with Crippen molar-refractivity contribution in [3.05, 3.63) is 65.4 Å². The number of nitrogens with zero attached hydrogens (tertiary/aromatic N) is 2. The molecule has 4 rings (SSSR count). The quantitative estimate of drug-likeness (QED) is 0.446. The van der Waals surface area contributed by atoms with Crippen molar-refractivity contribution in [3.63, 3.8) is 0 Å². The van der Waals surface area contributed by atoms with Crippen molar-refractivity contribution < 1.29 is 14.3 Å². The van der Waals surface area contributed by atoms with Crippen LogP contribution < -0.4 is 5.32 Å². The van der Waals surface area contributed by atoms with Crippen LogP contribution in [-0.2, 0) is 27.2 Å². The zero-order chi connectivity index (χ0) is 21.6. The third kappa shape index (κ3) is 5.61. The topological polar surface area (TPSA) is 81.2 Å². The van der Waals surface area contributed by atoms with Gasteiger partial charge in [-0.15, -0.1) is 0 Å². The van der Waals surface area contributed by atoms with Gasteiger partial charge in [-0.2, -0.15) is 0 Å². The summed E-state index contributed by atoms with van der Waals surface area (Å²) in [6, 6.07) is 13.8. The van der Waals surface area contributed by atoms with Crippen LogP contribution in [0.3, 0.4) is 0 Å². The average molecular weight is 436 g/mol. The fourth-order valence-corrected chi connectivity index (χ4v) is 4.36. The van der Waals surface area contributed by atoms with Gasteiger partial charge >= 0.3 is 5.97 Å². The van der Waals surface area contributed by atoms with Gasteiger partial charge in [-0.1, -0.05) is 42.1 Å². The predicted molar refractivity (Wildman–Crippen MR) is 121 cm³/mol. The lowest BCUT2D eigenvalue weighted by Gasteiger charge is -2.20. The third-order valence-corrected chi connectivity index (χ3v) is 6.25. The van der Waals surface area contributed by atoms with E-state index >= 15 is 0 Å². The fraction of sp³-hybridized carbons (Fsp3) is 0.333. The molecule has 1 aromatic heterocycles. The lowest BCUT2D eigenvalue weighted by atomic mass is 9.89. The molecule has 31 heavy (non-hydrogen) atoms. The molecule has 0 saturated carbocycles. The molecule has 0 spiro atoms. The summed E-state index contributed by atoms with van der Waals surface area (Å²) in [4.78, 5) is 33.0. The van der Waals surface area contributed by atoms with Crippen LogP contribution in [0.25, 0.3) is 11.0 Å². The first kappa shape index (κ1) is 21.3. The Morgan fingerprint density at radius 2 is 1.87 bits per heavy atom. The normalized spacial score (nSPS) is 14.0. The molecule has 1 heterocycles. The molecule has 0 bridgehead atoms. The van der Waals surface area contributed by atoms with Crippen LogP contribution >= 0.6 is 11.8 Å². The van der Waals surface area contributed by atoms with Crippen molar-refractivity contribution in [2.24, 2.45) is 0 Å². The van der Waals surface area contributed by atoms with Gasteiger partial charge in [0.15, 0.2) is 6.61 Å². The number of hydrogen-bond donors (Lipinski definition) is 1. The van der Waals surface area contributed by atoms with Gasteiger partial charge < -0.3 is 10.1 Å². The smallest absolute Gasteiger partial charge is 0.316 e. The number of ether oxygens (including phenoxy) is 1. The van der Waals surface area contributed by atoms with Crippen LogP contribution in [0.15, 0.2) is 53.7 Å². The molecule has 6 nitrogen and oxygen atoms in total. The van der Waals surface area contributed by atoms with Crippen molar-refractivity contribution in [1.82, 2.24) is 15.3 Å². The molecule has 2 aromatic carbocycles. The number of esters is 1. The van der Waals surface area contributed by atoms with E-state index in [2.05, 4.69) is 33.5 Å². The molecule has 3 aromatic rings. The van der Waals surface area contributed by atoms with E-state index in [4.69, 9.17) is 4.74 Å². The van der Waals surface area contributed by atoms with Gasteiger partial charge in [-0.05, 0) is 61.4 Å². The summed E-state index contributed by atoms with van der Waals surface area (Å²) < 4.78 is 5.12. The molecule has 1 N–H and O–H groups in total. The molecule has 0 saturated heterocycles. The van der Waals surface area contributed by atoms with Gasteiger partial charge in [0.25, 0.3) is 5.91 Å². The lowest BCUT2D eigenvalue weighted by Crippen LogP contribution is -2.31. The predicted octanol–water partition coefficient (Wildman–Crippen LogP) is 4.02. The van der Waals surface area contributed by atoms with Crippen LogP contribution in [-0.4, -0.2) is 34.2 Å². The second kappa shape index (κ2) is 9.92. The molecule has 0 aliphatic heterocycles. The highest BCUT2D eigenvalue weighted by Gasteiger charge is 2.15. The molecular formula is C24H25N3O3S. The van der Waals surface area contributed by atoms with Crippen molar-refractivity contribution in [1.29, 1.82) is 0 Å². The number of aryl methyl sites for hydroxylation is 2. The van der Waals surface area contributed by atoms with Gasteiger partial charge in [0.05, 0.1) is 29.0 Å². The van der Waals surface area contributed by atoms with E-state index in [1.165, 1.54) is 35.7 Å². The van der Waals surface area contributed by atoms with Crippen LogP contribution in [0.5, 0.6) is 0 Å². The average Bonchev–Trinajstić information content (AvgIpc) is 2.81. The standard InChI is InChI=1S/C24H25N3O3S/c1-16(18-11-10-17-6-2-3-7-19(17)12-18)26-22(28)14-30-24(29)15-31-23-13-25-20-8-4-5-9-21(20)27-23/h4-5,8-13,16H,2-3,6-7,14-15H2,1H3,(H,26,28). The van der Waals surface area contributed by atoms with Gasteiger partial charge in [-0.3, -0.25) is 14.6 Å². The summed E-state index contributed by atoms with van der Waals surface area (Å²) in [7, 11) is 0. The van der Waals surface area contributed by atoms with Crippen molar-refractivity contribution in [2.45, 2.75) is 43.7 Å². The van der Waals surface area contributed by atoms with Gasteiger partial charge in [0.1, 0.15) is 5.03 Å². The van der Waals surface area contributed by atoms with Crippen molar-refractivity contribution in [3.8, 4) is 0 Å². The number of amides is 1. The number of rotatable bonds is 7. The summed E-state index contributed by atoms with van der Waals surface area (Å²) in [6.45, 7) is 1.65. The summed E-state index contributed by atoms with van der Waals surface area (Å²) in [6.07, 6.45) is 6.33. The van der Waals surface area contributed by atoms with Crippen molar-refractivity contribution in [2.75, 3.05) is 12.4 Å². The molecule has 1 amide bonds. The Bertz CT molecular complexity index is 1100. The first-order chi connectivity index (χ1) is 15.1. The monoisotopic (exact) mass is 435 g/mol. The molecule has 1 aliphatic rings. The maximum Gasteiger partial charge on any atom is 0.316 e. The van der Waals surface area contributed by atoms with E-state index in [9.17, 15) is 9.59 Å². The maximum atomic E-state index is 12.2. The SMILES string of the molecule is CC(NC(=O)COC(=O)CSc1cnc2ccccc2n1)c1ccc2c(c1)CCCC2. The lowest BCUT2D eigenvalue weighted by molar-refractivity contribution is -0.146.